The molecule has 0 heterocycles. The van der Waals surface area contributed by atoms with Gasteiger partial charge in [0, 0.05) is 19.5 Å². The fraction of sp³-hybridized carbons (Fsp3) is 0.417. The van der Waals surface area contributed by atoms with Gasteiger partial charge < -0.3 is 15.8 Å². The number of hydrogen-bond donors (Lipinski definition) is 2. The summed E-state index contributed by atoms with van der Waals surface area (Å²) >= 11 is 0. The molecule has 0 bridgehead atoms. The number of rotatable bonds is 7. The summed E-state index contributed by atoms with van der Waals surface area (Å²) in [6.07, 6.45) is 1.02. The van der Waals surface area contributed by atoms with Gasteiger partial charge in [-0.15, -0.1) is 12.4 Å². The number of halogens is 2. The summed E-state index contributed by atoms with van der Waals surface area (Å²) < 4.78 is 17.9. The third-order valence-corrected chi connectivity index (χ3v) is 2.10. The average Bonchev–Trinajstić information content (AvgIpc) is 2.34. The van der Waals surface area contributed by atoms with Crippen LogP contribution in [0.15, 0.2) is 24.3 Å². The molecule has 0 aliphatic carbocycles. The number of ether oxygens (including phenoxy) is 1. The van der Waals surface area contributed by atoms with Gasteiger partial charge in [-0.2, -0.15) is 0 Å². The lowest BCUT2D eigenvalue weighted by Crippen LogP contribution is -2.29. The highest BCUT2D eigenvalue weighted by Crippen LogP contribution is 2.11. The van der Waals surface area contributed by atoms with Crippen LogP contribution in [0.2, 0.25) is 0 Å². The average molecular weight is 277 g/mol. The number of carbonyl (C=O) groups is 1. The van der Waals surface area contributed by atoms with Gasteiger partial charge in [-0.05, 0) is 30.7 Å². The maximum Gasteiger partial charge on any atom is 0.220 e. The first-order valence-corrected chi connectivity index (χ1v) is 5.57. The fourth-order valence-electron chi connectivity index (χ4n) is 1.25. The van der Waals surface area contributed by atoms with Crippen LogP contribution >= 0.6 is 12.4 Å². The first kappa shape index (κ1) is 16.7. The molecule has 0 fully saturated rings. The van der Waals surface area contributed by atoms with E-state index in [-0.39, 0.29) is 24.1 Å². The van der Waals surface area contributed by atoms with Gasteiger partial charge in [0.15, 0.2) is 0 Å². The summed E-state index contributed by atoms with van der Waals surface area (Å²) in [4.78, 5) is 11.2. The molecule has 0 saturated carbocycles. The molecule has 0 aliphatic heterocycles. The van der Waals surface area contributed by atoms with Crippen molar-refractivity contribution < 1.29 is 13.9 Å². The maximum absolute atomic E-state index is 12.6. The van der Waals surface area contributed by atoms with E-state index in [9.17, 15) is 9.18 Å². The van der Waals surface area contributed by atoms with Gasteiger partial charge >= 0.3 is 0 Å². The molecular weight excluding hydrogens is 259 g/mol. The Hall–Kier alpha value is -1.33. The van der Waals surface area contributed by atoms with E-state index in [1.807, 2.05) is 0 Å². The van der Waals surface area contributed by atoms with Gasteiger partial charge in [0.1, 0.15) is 11.6 Å². The molecule has 18 heavy (non-hydrogen) atoms. The molecule has 0 saturated heterocycles. The Morgan fingerprint density at radius 3 is 2.61 bits per heavy atom. The number of amides is 1. The van der Waals surface area contributed by atoms with E-state index in [2.05, 4.69) is 5.32 Å². The predicted octanol–water partition coefficient (Wildman–Crippen LogP) is 1.48. The van der Waals surface area contributed by atoms with Crippen LogP contribution in [0.25, 0.3) is 0 Å². The predicted molar refractivity (Wildman–Crippen MR) is 70.4 cm³/mol. The van der Waals surface area contributed by atoms with Gasteiger partial charge in [0.25, 0.3) is 0 Å². The van der Waals surface area contributed by atoms with Crippen LogP contribution in [-0.2, 0) is 4.79 Å². The molecule has 0 spiro atoms. The molecule has 0 aliphatic rings. The standard InChI is InChI=1S/C12H17FN2O2.ClH/c13-10-3-5-11(6-4-10)17-9-1-2-12(16)15-8-7-14;/h3-6H,1-2,7-9,14H2,(H,15,16);1H. The molecule has 0 aromatic heterocycles. The Bertz CT molecular complexity index is 346. The van der Waals surface area contributed by atoms with Crippen LogP contribution in [0, 0.1) is 5.82 Å². The molecule has 0 unspecified atom stereocenters. The second-order valence-electron chi connectivity index (χ2n) is 3.54. The highest BCUT2D eigenvalue weighted by molar-refractivity contribution is 5.85. The molecule has 0 atom stereocenters. The zero-order chi connectivity index (χ0) is 12.5. The summed E-state index contributed by atoms with van der Waals surface area (Å²) in [5, 5.41) is 2.67. The Kier molecular flexibility index (Phi) is 8.96. The Balaban J connectivity index is 0.00000289. The van der Waals surface area contributed by atoms with E-state index in [0.29, 0.717) is 38.3 Å². The van der Waals surface area contributed by atoms with Gasteiger partial charge in [-0.1, -0.05) is 0 Å². The number of nitrogens with two attached hydrogens (primary N) is 1. The zero-order valence-corrected chi connectivity index (χ0v) is 10.8. The molecule has 3 N–H and O–H groups in total. The summed E-state index contributed by atoms with van der Waals surface area (Å²) in [5.74, 6) is 0.283. The minimum absolute atomic E-state index is 0. The Morgan fingerprint density at radius 1 is 1.33 bits per heavy atom. The van der Waals surface area contributed by atoms with Crippen LogP contribution in [0.4, 0.5) is 4.39 Å². The molecule has 1 amide bonds. The topological polar surface area (TPSA) is 64.3 Å². The van der Waals surface area contributed by atoms with Crippen molar-refractivity contribution in [3.05, 3.63) is 30.1 Å². The SMILES string of the molecule is Cl.NCCNC(=O)CCCOc1ccc(F)cc1. The Morgan fingerprint density at radius 2 is 2.00 bits per heavy atom. The molecule has 102 valence electrons. The smallest absolute Gasteiger partial charge is 0.220 e. The molecule has 1 aromatic rings. The van der Waals surface area contributed by atoms with Crippen molar-refractivity contribution >= 4 is 18.3 Å². The highest BCUT2D eigenvalue weighted by Gasteiger charge is 2.00. The van der Waals surface area contributed by atoms with E-state index < -0.39 is 0 Å². The second-order valence-corrected chi connectivity index (χ2v) is 3.54. The monoisotopic (exact) mass is 276 g/mol. The summed E-state index contributed by atoms with van der Waals surface area (Å²) in [6.45, 7) is 1.37. The van der Waals surface area contributed by atoms with Crippen LogP contribution in [0.3, 0.4) is 0 Å². The number of hydrogen-bond acceptors (Lipinski definition) is 3. The van der Waals surface area contributed by atoms with Crippen LogP contribution < -0.4 is 15.8 Å². The molecule has 1 aromatic carbocycles. The number of benzene rings is 1. The van der Waals surface area contributed by atoms with Crippen molar-refractivity contribution in [3.63, 3.8) is 0 Å². The van der Waals surface area contributed by atoms with Crippen LogP contribution in [0.5, 0.6) is 5.75 Å². The number of nitrogens with one attached hydrogen (secondary N) is 1. The van der Waals surface area contributed by atoms with Gasteiger partial charge in [0.05, 0.1) is 6.61 Å². The summed E-state index contributed by atoms with van der Waals surface area (Å²) in [6, 6.07) is 5.79. The van der Waals surface area contributed by atoms with Crippen LogP contribution in [0.1, 0.15) is 12.8 Å². The lowest BCUT2D eigenvalue weighted by atomic mass is 10.3. The van der Waals surface area contributed by atoms with Gasteiger partial charge in [-0.3, -0.25) is 4.79 Å². The van der Waals surface area contributed by atoms with Crippen LogP contribution in [-0.4, -0.2) is 25.6 Å². The van der Waals surface area contributed by atoms with E-state index >= 15 is 0 Å². The molecular formula is C12H18ClFN2O2. The summed E-state index contributed by atoms with van der Waals surface area (Å²) in [5.41, 5.74) is 5.25. The quantitative estimate of drug-likeness (QED) is 0.742. The third-order valence-electron chi connectivity index (χ3n) is 2.10. The molecule has 1 rings (SSSR count). The van der Waals surface area contributed by atoms with Gasteiger partial charge in [0.2, 0.25) is 5.91 Å². The highest BCUT2D eigenvalue weighted by atomic mass is 35.5. The van der Waals surface area contributed by atoms with E-state index in [4.69, 9.17) is 10.5 Å². The Labute approximate surface area is 112 Å². The van der Waals surface area contributed by atoms with E-state index in [0.717, 1.165) is 0 Å². The number of carbonyl (C=O) groups excluding carboxylic acids is 1. The zero-order valence-electron chi connectivity index (χ0n) is 10.0. The lowest BCUT2D eigenvalue weighted by Gasteiger charge is -2.06. The second kappa shape index (κ2) is 9.67. The molecule has 0 radical (unpaired) electrons. The summed E-state index contributed by atoms with van der Waals surface area (Å²) in [7, 11) is 0. The van der Waals surface area contributed by atoms with Gasteiger partial charge in [-0.25, -0.2) is 4.39 Å². The maximum atomic E-state index is 12.6. The first-order valence-electron chi connectivity index (χ1n) is 5.57. The van der Waals surface area contributed by atoms with Crippen molar-refractivity contribution in [3.8, 4) is 5.75 Å². The minimum atomic E-state index is -0.293. The fourth-order valence-corrected chi connectivity index (χ4v) is 1.25. The largest absolute Gasteiger partial charge is 0.494 e. The van der Waals surface area contributed by atoms with Crippen molar-refractivity contribution in [2.24, 2.45) is 5.73 Å². The first-order chi connectivity index (χ1) is 8.22. The molecule has 4 nitrogen and oxygen atoms in total. The van der Waals surface area contributed by atoms with E-state index in [1.165, 1.54) is 12.1 Å². The molecule has 6 heteroatoms. The minimum Gasteiger partial charge on any atom is -0.494 e. The lowest BCUT2D eigenvalue weighted by molar-refractivity contribution is -0.121. The van der Waals surface area contributed by atoms with Crippen molar-refractivity contribution in [2.45, 2.75) is 12.8 Å². The van der Waals surface area contributed by atoms with Crippen molar-refractivity contribution in [1.29, 1.82) is 0 Å². The van der Waals surface area contributed by atoms with E-state index in [1.54, 1.807) is 12.1 Å². The third kappa shape index (κ3) is 7.09. The van der Waals surface area contributed by atoms with Crippen molar-refractivity contribution in [1.82, 2.24) is 5.32 Å². The van der Waals surface area contributed by atoms with Crippen molar-refractivity contribution in [2.75, 3.05) is 19.7 Å². The normalized spacial score (nSPS) is 9.44.